The summed E-state index contributed by atoms with van der Waals surface area (Å²) in [5, 5.41) is 10.7. The molecule has 2 aromatic rings. The minimum atomic E-state index is -0.273. The third-order valence-corrected chi connectivity index (χ3v) is 5.11. The normalized spacial score (nSPS) is 18.0. The molecule has 8 heteroatoms. The number of terminal acetylenes is 1. The largest absolute Gasteiger partial charge is 0.355 e. The van der Waals surface area contributed by atoms with E-state index in [-0.39, 0.29) is 12.1 Å². The average Bonchev–Trinajstić information content (AvgIpc) is 3.47. The minimum Gasteiger partial charge on any atom is -0.355 e. The van der Waals surface area contributed by atoms with Crippen molar-refractivity contribution in [2.75, 3.05) is 12.4 Å². The Bertz CT molecular complexity index is 1010. The van der Waals surface area contributed by atoms with Crippen molar-refractivity contribution in [3.8, 4) is 23.7 Å². The van der Waals surface area contributed by atoms with Gasteiger partial charge in [0.05, 0.1) is 16.1 Å². The van der Waals surface area contributed by atoms with Crippen molar-refractivity contribution in [1.29, 1.82) is 0 Å². The van der Waals surface area contributed by atoms with E-state index in [0.717, 1.165) is 6.42 Å². The molecular formula is C20H19ClN6O. The molecule has 0 bridgehead atoms. The fraction of sp³-hybridized carbons (Fsp3) is 0.300. The summed E-state index contributed by atoms with van der Waals surface area (Å²) >= 11 is 6.13. The van der Waals surface area contributed by atoms with Crippen LogP contribution in [0.5, 0.6) is 0 Å². The molecule has 1 atom stereocenters. The summed E-state index contributed by atoms with van der Waals surface area (Å²) in [6, 6.07) is 5.09. The molecule has 1 saturated carbocycles. The third-order valence-electron chi connectivity index (χ3n) is 4.78. The van der Waals surface area contributed by atoms with E-state index in [1.807, 2.05) is 0 Å². The van der Waals surface area contributed by atoms with Gasteiger partial charge in [-0.2, -0.15) is 5.10 Å². The molecule has 1 unspecified atom stereocenters. The number of aromatic nitrogens is 2. The van der Waals surface area contributed by atoms with E-state index >= 15 is 0 Å². The van der Waals surface area contributed by atoms with Crippen LogP contribution in [0.3, 0.4) is 0 Å². The molecule has 0 saturated heterocycles. The van der Waals surface area contributed by atoms with Crippen LogP contribution in [0.4, 0.5) is 5.82 Å². The van der Waals surface area contributed by atoms with Crippen LogP contribution in [0.15, 0.2) is 29.5 Å². The second-order valence-corrected chi connectivity index (χ2v) is 7.19. The van der Waals surface area contributed by atoms with E-state index in [9.17, 15) is 4.79 Å². The zero-order valence-electron chi connectivity index (χ0n) is 15.3. The molecule has 0 radical (unpaired) electrons. The van der Waals surface area contributed by atoms with Crippen molar-refractivity contribution in [2.45, 2.75) is 25.4 Å². The summed E-state index contributed by atoms with van der Waals surface area (Å²) in [6.07, 6.45) is 10.4. The van der Waals surface area contributed by atoms with Crippen molar-refractivity contribution < 1.29 is 4.79 Å². The number of benzene rings is 1. The minimum absolute atomic E-state index is 0.0582. The van der Waals surface area contributed by atoms with Crippen LogP contribution in [-0.4, -0.2) is 34.8 Å². The van der Waals surface area contributed by atoms with Gasteiger partial charge in [-0.3, -0.25) is 10.2 Å². The molecule has 4 rings (SSSR count). The highest BCUT2D eigenvalue weighted by atomic mass is 35.5. The van der Waals surface area contributed by atoms with Gasteiger partial charge in [-0.15, -0.1) is 6.42 Å². The molecule has 1 aromatic carbocycles. The SMILES string of the molecule is C#Cc1cnc(-c2ccc(Cl)c(C(=O)NC)c2)nc1NC1CC(C2CC2)=NN1. The number of hydrogen-bond donors (Lipinski definition) is 3. The molecule has 2 heterocycles. The Morgan fingerprint density at radius 3 is 2.93 bits per heavy atom. The van der Waals surface area contributed by atoms with Gasteiger partial charge in [0.1, 0.15) is 12.0 Å². The lowest BCUT2D eigenvalue weighted by atomic mass is 10.1. The van der Waals surface area contributed by atoms with Crippen LogP contribution in [0.25, 0.3) is 11.4 Å². The van der Waals surface area contributed by atoms with Gasteiger partial charge in [0.15, 0.2) is 5.82 Å². The van der Waals surface area contributed by atoms with Crippen LogP contribution >= 0.6 is 11.6 Å². The van der Waals surface area contributed by atoms with Gasteiger partial charge < -0.3 is 10.6 Å². The number of hydrogen-bond acceptors (Lipinski definition) is 6. The van der Waals surface area contributed by atoms with Gasteiger partial charge >= 0.3 is 0 Å². The molecule has 3 N–H and O–H groups in total. The second-order valence-electron chi connectivity index (χ2n) is 6.78. The van der Waals surface area contributed by atoms with Crippen molar-refractivity contribution >= 4 is 29.0 Å². The molecule has 1 aliphatic heterocycles. The monoisotopic (exact) mass is 394 g/mol. The fourth-order valence-electron chi connectivity index (χ4n) is 3.09. The molecule has 28 heavy (non-hydrogen) atoms. The number of anilines is 1. The lowest BCUT2D eigenvalue weighted by Gasteiger charge is -2.15. The molecule has 0 spiro atoms. The van der Waals surface area contributed by atoms with Crippen LogP contribution in [0, 0.1) is 18.3 Å². The summed E-state index contributed by atoms with van der Waals surface area (Å²) < 4.78 is 0. The van der Waals surface area contributed by atoms with Gasteiger partial charge in [-0.25, -0.2) is 9.97 Å². The number of hydrazone groups is 1. The first-order chi connectivity index (χ1) is 13.6. The quantitative estimate of drug-likeness (QED) is 0.678. The van der Waals surface area contributed by atoms with Crippen molar-refractivity contribution in [1.82, 2.24) is 20.7 Å². The Labute approximate surface area is 168 Å². The second kappa shape index (κ2) is 7.49. The summed E-state index contributed by atoms with van der Waals surface area (Å²) in [6.45, 7) is 0. The molecule has 1 amide bonds. The van der Waals surface area contributed by atoms with E-state index in [4.69, 9.17) is 18.0 Å². The first-order valence-electron chi connectivity index (χ1n) is 9.03. The van der Waals surface area contributed by atoms with Gasteiger partial charge in [0.25, 0.3) is 5.91 Å². The Morgan fingerprint density at radius 2 is 2.21 bits per heavy atom. The number of nitrogens with one attached hydrogen (secondary N) is 3. The van der Waals surface area contributed by atoms with E-state index < -0.39 is 0 Å². The first kappa shape index (κ1) is 18.3. The first-order valence-corrected chi connectivity index (χ1v) is 9.41. The maximum atomic E-state index is 12.0. The number of carbonyl (C=O) groups excluding carboxylic acids is 1. The average molecular weight is 395 g/mol. The van der Waals surface area contributed by atoms with Gasteiger partial charge in [0.2, 0.25) is 0 Å². The maximum absolute atomic E-state index is 12.0. The van der Waals surface area contributed by atoms with Gasteiger partial charge in [-0.05, 0) is 37.0 Å². The Kier molecular flexibility index (Phi) is 4.88. The van der Waals surface area contributed by atoms with Crippen LogP contribution in [0.2, 0.25) is 5.02 Å². The molecule has 1 fully saturated rings. The van der Waals surface area contributed by atoms with E-state index in [1.165, 1.54) is 18.6 Å². The van der Waals surface area contributed by atoms with Crippen molar-refractivity contribution in [2.24, 2.45) is 11.0 Å². The predicted octanol–water partition coefficient (Wildman–Crippen LogP) is 2.64. The molecule has 1 aromatic heterocycles. The highest BCUT2D eigenvalue weighted by molar-refractivity contribution is 6.34. The number of halogens is 1. The fourth-order valence-corrected chi connectivity index (χ4v) is 3.30. The Morgan fingerprint density at radius 1 is 1.39 bits per heavy atom. The lowest BCUT2D eigenvalue weighted by Crippen LogP contribution is -2.30. The summed E-state index contributed by atoms with van der Waals surface area (Å²) in [5.74, 6) is 3.95. The highest BCUT2D eigenvalue weighted by Crippen LogP contribution is 2.34. The van der Waals surface area contributed by atoms with E-state index in [0.29, 0.717) is 39.3 Å². The summed E-state index contributed by atoms with van der Waals surface area (Å²) in [4.78, 5) is 20.9. The van der Waals surface area contributed by atoms with Gasteiger partial charge in [-0.1, -0.05) is 17.5 Å². The predicted molar refractivity (Wildman–Crippen MR) is 109 cm³/mol. The number of nitrogens with zero attached hydrogens (tertiary/aromatic N) is 3. The zero-order chi connectivity index (χ0) is 19.7. The Hall–Kier alpha value is -3.11. The van der Waals surface area contributed by atoms with Crippen LogP contribution < -0.4 is 16.1 Å². The zero-order valence-corrected chi connectivity index (χ0v) is 16.0. The highest BCUT2D eigenvalue weighted by Gasteiger charge is 2.32. The number of amides is 1. The molecule has 7 nitrogen and oxygen atoms in total. The number of carbonyl (C=O) groups is 1. The van der Waals surface area contributed by atoms with Crippen LogP contribution in [0.1, 0.15) is 35.2 Å². The van der Waals surface area contributed by atoms with Gasteiger partial charge in [0, 0.05) is 30.9 Å². The third kappa shape index (κ3) is 3.64. The number of rotatable bonds is 5. The van der Waals surface area contributed by atoms with Crippen molar-refractivity contribution in [3.05, 3.63) is 40.5 Å². The standard InChI is InChI=1S/C20H19ClN6O/c1-3-11-10-23-18(13-6-7-15(21)14(8-13)20(28)22-2)25-19(11)24-17-9-16(26-27-17)12-4-5-12/h1,6-8,10,12,17,27H,4-5,9H2,2H3,(H,22,28)(H,23,24,25). The molecule has 142 valence electrons. The Balaban J connectivity index is 1.60. The molecule has 1 aliphatic carbocycles. The molecule has 2 aliphatic rings. The topological polar surface area (TPSA) is 91.3 Å². The summed E-state index contributed by atoms with van der Waals surface area (Å²) in [7, 11) is 1.55. The lowest BCUT2D eigenvalue weighted by molar-refractivity contribution is 0.0963. The van der Waals surface area contributed by atoms with Crippen LogP contribution in [-0.2, 0) is 0 Å². The maximum Gasteiger partial charge on any atom is 0.252 e. The summed E-state index contributed by atoms with van der Waals surface area (Å²) in [5.41, 5.74) is 5.89. The van der Waals surface area contributed by atoms with E-state index in [2.05, 4.69) is 37.0 Å². The van der Waals surface area contributed by atoms with E-state index in [1.54, 1.807) is 31.4 Å². The van der Waals surface area contributed by atoms with Crippen molar-refractivity contribution in [3.63, 3.8) is 0 Å². The smallest absolute Gasteiger partial charge is 0.252 e. The molecular weight excluding hydrogens is 376 g/mol.